The third kappa shape index (κ3) is 10.5. The molecule has 0 atom stereocenters. The second-order valence-corrected chi connectivity index (χ2v) is 5.33. The van der Waals surface area contributed by atoms with Crippen molar-refractivity contribution >= 4 is 0 Å². The lowest BCUT2D eigenvalue weighted by atomic mass is 9.88. The SMILES string of the molecule is CCC1CCCCC1.CCCCCCCC. The van der Waals surface area contributed by atoms with Gasteiger partial charge in [-0.1, -0.05) is 97.8 Å². The molecule has 0 radical (unpaired) electrons. The van der Waals surface area contributed by atoms with Gasteiger partial charge in [-0.25, -0.2) is 0 Å². The second kappa shape index (κ2) is 13.1. The summed E-state index contributed by atoms with van der Waals surface area (Å²) in [6.45, 7) is 6.83. The Morgan fingerprint density at radius 2 is 1.19 bits per heavy atom. The van der Waals surface area contributed by atoms with Crippen LogP contribution in [0.5, 0.6) is 0 Å². The summed E-state index contributed by atoms with van der Waals surface area (Å²) in [5.41, 5.74) is 0. The number of hydrogen-bond donors (Lipinski definition) is 0. The van der Waals surface area contributed by atoms with E-state index < -0.39 is 0 Å². The number of hydrogen-bond acceptors (Lipinski definition) is 0. The zero-order valence-corrected chi connectivity index (χ0v) is 12.1. The first-order valence-electron chi connectivity index (χ1n) is 7.85. The van der Waals surface area contributed by atoms with Crippen molar-refractivity contribution in [1.29, 1.82) is 0 Å². The van der Waals surface area contributed by atoms with Gasteiger partial charge >= 0.3 is 0 Å². The summed E-state index contributed by atoms with van der Waals surface area (Å²) in [6.07, 6.45) is 17.4. The highest BCUT2D eigenvalue weighted by Crippen LogP contribution is 2.25. The highest BCUT2D eigenvalue weighted by atomic mass is 14.2. The highest BCUT2D eigenvalue weighted by molar-refractivity contribution is 4.63. The van der Waals surface area contributed by atoms with E-state index in [1.807, 2.05) is 0 Å². The molecule has 0 N–H and O–H groups in total. The summed E-state index contributed by atoms with van der Waals surface area (Å²) in [6, 6.07) is 0. The maximum atomic E-state index is 2.32. The van der Waals surface area contributed by atoms with Gasteiger partial charge in [0.15, 0.2) is 0 Å². The normalized spacial score (nSPS) is 16.7. The first-order chi connectivity index (χ1) is 7.85. The molecule has 0 bridgehead atoms. The van der Waals surface area contributed by atoms with Crippen molar-refractivity contribution in [3.05, 3.63) is 0 Å². The molecule has 0 unspecified atom stereocenters. The lowest BCUT2D eigenvalue weighted by Crippen LogP contribution is -2.03. The minimum absolute atomic E-state index is 1.09. The largest absolute Gasteiger partial charge is 0.0654 e. The predicted molar refractivity (Wildman–Crippen MR) is 75.9 cm³/mol. The van der Waals surface area contributed by atoms with Crippen molar-refractivity contribution in [3.8, 4) is 0 Å². The zero-order valence-electron chi connectivity index (χ0n) is 12.1. The molecule has 0 heteroatoms. The Morgan fingerprint density at radius 3 is 1.50 bits per heavy atom. The summed E-state index contributed by atoms with van der Waals surface area (Å²) in [5, 5.41) is 0. The van der Waals surface area contributed by atoms with E-state index in [4.69, 9.17) is 0 Å². The lowest BCUT2D eigenvalue weighted by molar-refractivity contribution is 0.349. The van der Waals surface area contributed by atoms with E-state index in [0.29, 0.717) is 0 Å². The van der Waals surface area contributed by atoms with Crippen LogP contribution in [0, 0.1) is 5.92 Å². The topological polar surface area (TPSA) is 0 Å². The molecule has 0 heterocycles. The van der Waals surface area contributed by atoms with Gasteiger partial charge in [-0.3, -0.25) is 0 Å². The van der Waals surface area contributed by atoms with Gasteiger partial charge in [0.2, 0.25) is 0 Å². The Balaban J connectivity index is 0.000000281. The molecule has 1 aliphatic rings. The Labute approximate surface area is 104 Å². The Kier molecular flexibility index (Phi) is 13.1. The van der Waals surface area contributed by atoms with Gasteiger partial charge in [0.1, 0.15) is 0 Å². The monoisotopic (exact) mass is 226 g/mol. The summed E-state index contributed by atoms with van der Waals surface area (Å²) >= 11 is 0. The molecule has 98 valence electrons. The van der Waals surface area contributed by atoms with E-state index in [0.717, 1.165) is 5.92 Å². The quantitative estimate of drug-likeness (QED) is 0.463. The summed E-state index contributed by atoms with van der Waals surface area (Å²) in [5.74, 6) is 1.09. The van der Waals surface area contributed by atoms with E-state index in [1.165, 1.54) is 77.0 Å². The Morgan fingerprint density at radius 1 is 0.688 bits per heavy atom. The van der Waals surface area contributed by atoms with Crippen LogP contribution in [0.4, 0.5) is 0 Å². The van der Waals surface area contributed by atoms with E-state index in [1.54, 1.807) is 0 Å². The van der Waals surface area contributed by atoms with Crippen LogP contribution in [0.1, 0.15) is 97.8 Å². The van der Waals surface area contributed by atoms with Gasteiger partial charge in [0.05, 0.1) is 0 Å². The van der Waals surface area contributed by atoms with Gasteiger partial charge in [-0.2, -0.15) is 0 Å². The van der Waals surface area contributed by atoms with Crippen molar-refractivity contribution in [2.24, 2.45) is 5.92 Å². The molecule has 0 aromatic carbocycles. The summed E-state index contributed by atoms with van der Waals surface area (Å²) in [7, 11) is 0. The molecular weight excluding hydrogens is 192 g/mol. The maximum absolute atomic E-state index is 2.32. The van der Waals surface area contributed by atoms with Gasteiger partial charge < -0.3 is 0 Å². The molecule has 0 aromatic heterocycles. The van der Waals surface area contributed by atoms with Gasteiger partial charge in [-0.05, 0) is 5.92 Å². The van der Waals surface area contributed by atoms with Crippen LogP contribution >= 0.6 is 0 Å². The lowest BCUT2D eigenvalue weighted by Gasteiger charge is -2.18. The molecule has 1 saturated carbocycles. The molecule has 1 fully saturated rings. The van der Waals surface area contributed by atoms with Crippen LogP contribution in [0.15, 0.2) is 0 Å². The fourth-order valence-corrected chi connectivity index (χ4v) is 2.45. The minimum Gasteiger partial charge on any atom is -0.0654 e. The molecule has 0 spiro atoms. The Bertz CT molecular complexity index is 105. The standard InChI is InChI=1S/C8H16.C8H18/c1-2-8-6-4-3-5-7-8;1-3-5-7-8-6-4-2/h8H,2-7H2,1H3;3-8H2,1-2H3. The second-order valence-electron chi connectivity index (χ2n) is 5.33. The number of rotatable bonds is 6. The van der Waals surface area contributed by atoms with Crippen molar-refractivity contribution in [1.82, 2.24) is 0 Å². The summed E-state index contributed by atoms with van der Waals surface area (Å²) < 4.78 is 0. The maximum Gasteiger partial charge on any atom is -0.0417 e. The summed E-state index contributed by atoms with van der Waals surface area (Å²) in [4.78, 5) is 0. The van der Waals surface area contributed by atoms with Crippen LogP contribution in [0.2, 0.25) is 0 Å². The average molecular weight is 226 g/mol. The average Bonchev–Trinajstić information content (AvgIpc) is 2.36. The Hall–Kier alpha value is 0. The van der Waals surface area contributed by atoms with Crippen molar-refractivity contribution in [2.75, 3.05) is 0 Å². The smallest absolute Gasteiger partial charge is 0.0417 e. The third-order valence-corrected chi connectivity index (χ3v) is 3.76. The first-order valence-corrected chi connectivity index (χ1v) is 7.85. The molecule has 16 heavy (non-hydrogen) atoms. The van der Waals surface area contributed by atoms with E-state index in [-0.39, 0.29) is 0 Å². The molecule has 0 nitrogen and oxygen atoms in total. The van der Waals surface area contributed by atoms with Crippen molar-refractivity contribution in [3.63, 3.8) is 0 Å². The molecular formula is C16H34. The fraction of sp³-hybridized carbons (Fsp3) is 1.00. The molecule has 0 amide bonds. The molecule has 1 aliphatic carbocycles. The fourth-order valence-electron chi connectivity index (χ4n) is 2.45. The molecule has 1 rings (SSSR count). The predicted octanol–water partition coefficient (Wildman–Crippen LogP) is 6.34. The van der Waals surface area contributed by atoms with Crippen LogP contribution in [0.3, 0.4) is 0 Å². The van der Waals surface area contributed by atoms with Gasteiger partial charge in [-0.15, -0.1) is 0 Å². The zero-order chi connectivity index (χ0) is 12.1. The van der Waals surface area contributed by atoms with Crippen LogP contribution in [0.25, 0.3) is 0 Å². The van der Waals surface area contributed by atoms with Crippen molar-refractivity contribution < 1.29 is 0 Å². The first kappa shape index (κ1) is 16.0. The molecule has 0 aliphatic heterocycles. The molecule has 0 aromatic rings. The van der Waals surface area contributed by atoms with E-state index in [9.17, 15) is 0 Å². The van der Waals surface area contributed by atoms with E-state index in [2.05, 4.69) is 20.8 Å². The van der Waals surface area contributed by atoms with Gasteiger partial charge in [0.25, 0.3) is 0 Å². The van der Waals surface area contributed by atoms with Gasteiger partial charge in [0, 0.05) is 0 Å². The number of unbranched alkanes of at least 4 members (excludes halogenated alkanes) is 5. The van der Waals surface area contributed by atoms with E-state index >= 15 is 0 Å². The molecule has 0 saturated heterocycles. The van der Waals surface area contributed by atoms with Crippen molar-refractivity contribution in [2.45, 2.75) is 97.8 Å². The van der Waals surface area contributed by atoms with Crippen LogP contribution in [-0.2, 0) is 0 Å². The third-order valence-electron chi connectivity index (χ3n) is 3.76. The minimum atomic E-state index is 1.09. The van der Waals surface area contributed by atoms with Crippen LogP contribution in [-0.4, -0.2) is 0 Å². The highest BCUT2D eigenvalue weighted by Gasteiger charge is 2.09. The van der Waals surface area contributed by atoms with Crippen LogP contribution < -0.4 is 0 Å².